The van der Waals surface area contributed by atoms with Crippen LogP contribution in [-0.2, 0) is 10.3 Å². The van der Waals surface area contributed by atoms with Crippen LogP contribution in [0, 0.1) is 11.7 Å². The molecule has 2 aliphatic heterocycles. The van der Waals surface area contributed by atoms with Gasteiger partial charge in [-0.15, -0.1) is 0 Å². The van der Waals surface area contributed by atoms with Crippen molar-refractivity contribution in [1.29, 1.82) is 0 Å². The summed E-state index contributed by atoms with van der Waals surface area (Å²) in [4.78, 5) is 24.6. The maximum absolute atomic E-state index is 15.0. The molecule has 3 N–H and O–H groups in total. The van der Waals surface area contributed by atoms with E-state index in [1.165, 1.54) is 30.0 Å². The van der Waals surface area contributed by atoms with Crippen molar-refractivity contribution in [3.05, 3.63) is 47.7 Å². The summed E-state index contributed by atoms with van der Waals surface area (Å²) in [6, 6.07) is 4.21. The van der Waals surface area contributed by atoms with Crippen LogP contribution in [0.15, 0.2) is 35.6 Å². The van der Waals surface area contributed by atoms with Gasteiger partial charge in [-0.05, 0) is 25.1 Å². The third-order valence-electron chi connectivity index (χ3n) is 5.53. The number of aliphatic imine (C=N–C) groups is 1. The predicted octanol–water partition coefficient (Wildman–Crippen LogP) is 3.15. The number of thioether (sulfide) groups is 1. The number of fused-ring (bicyclic) bond motifs is 1. The average Bonchev–Trinajstić information content (AvgIpc) is 2.75. The molecule has 1 saturated heterocycles. The second-order valence-corrected chi connectivity index (χ2v) is 8.43. The molecule has 8 nitrogen and oxygen atoms in total. The highest BCUT2D eigenvalue weighted by Gasteiger charge is 2.49. The summed E-state index contributed by atoms with van der Waals surface area (Å²) in [5.41, 5.74) is 5.63. The zero-order chi connectivity index (χ0) is 22.9. The molecule has 12 heteroatoms. The number of nitrogens with zero attached hydrogens (tertiary/aromatic N) is 3. The van der Waals surface area contributed by atoms with Crippen LogP contribution in [0.3, 0.4) is 0 Å². The molecule has 1 aromatic heterocycles. The van der Waals surface area contributed by atoms with Crippen molar-refractivity contribution >= 4 is 28.5 Å². The normalized spacial score (nSPS) is 25.1. The zero-order valence-corrected chi connectivity index (χ0v) is 17.7. The van der Waals surface area contributed by atoms with Crippen LogP contribution >= 0.6 is 11.8 Å². The van der Waals surface area contributed by atoms with E-state index in [4.69, 9.17) is 10.5 Å². The highest BCUT2D eigenvalue weighted by atomic mass is 32.2. The number of hydrogen-bond acceptors (Lipinski definition) is 8. The quantitative estimate of drug-likeness (QED) is 0.695. The van der Waals surface area contributed by atoms with Crippen molar-refractivity contribution in [1.82, 2.24) is 9.97 Å². The van der Waals surface area contributed by atoms with E-state index >= 15 is 4.39 Å². The van der Waals surface area contributed by atoms with E-state index in [1.54, 1.807) is 0 Å². The van der Waals surface area contributed by atoms with Gasteiger partial charge in [-0.3, -0.25) is 9.79 Å². The number of carbonyl (C=O) groups is 1. The summed E-state index contributed by atoms with van der Waals surface area (Å²) in [6.45, 7) is -0.718. The Kier molecular flexibility index (Phi) is 6.24. The van der Waals surface area contributed by atoms with Gasteiger partial charge in [0.05, 0.1) is 24.0 Å². The Balaban J connectivity index is 1.61. The first-order valence-electron chi connectivity index (χ1n) is 9.76. The fourth-order valence-corrected chi connectivity index (χ4v) is 5.14. The number of amides is 1. The molecule has 3 heterocycles. The fraction of sp³-hybridized carbons (Fsp3) is 0.400. The topological polar surface area (TPSA) is 112 Å². The van der Waals surface area contributed by atoms with Crippen LogP contribution < -0.4 is 15.8 Å². The smallest absolute Gasteiger partial charge is 0.388 e. The number of hydrogen-bond donors (Lipinski definition) is 2. The standard InChI is InChI=1S/C20H20F3N5O3S/c1-10-13-9-32-19(24)28-20(13,4-5-30-10)12-6-11(2-3-14(12)21)27-17(29)15-7-26-16(8-25-15)31-18(22)23/h2-3,6-8,10,13,18H,4-5,9H2,1H3,(H2,24,28)(H,27,29)/t10-,13+,20-/m0/s1. The minimum atomic E-state index is -3.05. The summed E-state index contributed by atoms with van der Waals surface area (Å²) in [7, 11) is 0. The first-order valence-corrected chi connectivity index (χ1v) is 10.7. The molecule has 2 aliphatic rings. The minimum Gasteiger partial charge on any atom is -0.415 e. The number of carbonyl (C=O) groups excluding carboxylic acids is 1. The predicted molar refractivity (Wildman–Crippen MR) is 112 cm³/mol. The zero-order valence-electron chi connectivity index (χ0n) is 16.9. The molecular formula is C20H20F3N5O3S. The number of ether oxygens (including phenoxy) is 2. The lowest BCUT2D eigenvalue weighted by atomic mass is 9.72. The van der Waals surface area contributed by atoms with Gasteiger partial charge in [0.25, 0.3) is 5.91 Å². The Morgan fingerprint density at radius 2 is 2.19 bits per heavy atom. The van der Waals surface area contributed by atoms with Crippen molar-refractivity contribution in [3.63, 3.8) is 0 Å². The number of aromatic nitrogens is 2. The summed E-state index contributed by atoms with van der Waals surface area (Å²) in [5, 5.41) is 3.01. The van der Waals surface area contributed by atoms with Gasteiger partial charge in [0.2, 0.25) is 5.88 Å². The number of alkyl halides is 2. The highest BCUT2D eigenvalue weighted by Crippen LogP contribution is 2.48. The summed E-state index contributed by atoms with van der Waals surface area (Å²) in [5.74, 6) is -0.976. The molecule has 0 spiro atoms. The third-order valence-corrected chi connectivity index (χ3v) is 6.44. The Morgan fingerprint density at radius 3 is 2.91 bits per heavy atom. The Hall–Kier alpha value is -2.86. The van der Waals surface area contributed by atoms with Gasteiger partial charge in [-0.25, -0.2) is 14.4 Å². The molecule has 32 heavy (non-hydrogen) atoms. The van der Waals surface area contributed by atoms with E-state index in [0.29, 0.717) is 35.2 Å². The molecule has 1 fully saturated rings. The maximum Gasteiger partial charge on any atom is 0.388 e. The van der Waals surface area contributed by atoms with Gasteiger partial charge in [0.1, 0.15) is 11.5 Å². The van der Waals surface area contributed by atoms with Gasteiger partial charge in [0, 0.05) is 35.9 Å². The van der Waals surface area contributed by atoms with Crippen LogP contribution in [0.4, 0.5) is 18.9 Å². The van der Waals surface area contributed by atoms with Crippen molar-refractivity contribution < 1.29 is 27.4 Å². The van der Waals surface area contributed by atoms with Crippen LogP contribution in [0.25, 0.3) is 0 Å². The van der Waals surface area contributed by atoms with Gasteiger partial charge in [0.15, 0.2) is 5.17 Å². The van der Waals surface area contributed by atoms with E-state index in [-0.39, 0.29) is 17.7 Å². The first-order chi connectivity index (χ1) is 15.3. The van der Waals surface area contributed by atoms with Crippen LogP contribution in [0.5, 0.6) is 5.88 Å². The number of nitrogens with one attached hydrogen (secondary N) is 1. The fourth-order valence-electron chi connectivity index (χ4n) is 4.02. The lowest BCUT2D eigenvalue weighted by molar-refractivity contribution is -0.0531. The van der Waals surface area contributed by atoms with Crippen molar-refractivity contribution in [2.75, 3.05) is 17.7 Å². The Morgan fingerprint density at radius 1 is 1.38 bits per heavy atom. The van der Waals surface area contributed by atoms with E-state index in [0.717, 1.165) is 12.4 Å². The average molecular weight is 467 g/mol. The van der Waals surface area contributed by atoms with Crippen LogP contribution in [-0.4, -0.2) is 46.1 Å². The van der Waals surface area contributed by atoms with Crippen LogP contribution in [0.2, 0.25) is 0 Å². The summed E-state index contributed by atoms with van der Waals surface area (Å²) in [6.07, 6.45) is 2.24. The highest BCUT2D eigenvalue weighted by molar-refractivity contribution is 8.13. The van der Waals surface area contributed by atoms with Crippen molar-refractivity contribution in [2.45, 2.75) is 31.6 Å². The second kappa shape index (κ2) is 8.94. The number of rotatable bonds is 5. The molecule has 170 valence electrons. The molecule has 4 rings (SSSR count). The van der Waals surface area contributed by atoms with E-state index < -0.39 is 29.8 Å². The SMILES string of the molecule is C[C@@H]1OCC[C@@]2(c3cc(NC(=O)c4cnc(OC(F)F)cn4)ccc3F)N=C(N)SC[C@H]12. The lowest BCUT2D eigenvalue weighted by Crippen LogP contribution is -2.50. The number of amidine groups is 1. The monoisotopic (exact) mass is 467 g/mol. The maximum atomic E-state index is 15.0. The Labute approximate surface area is 185 Å². The first kappa shape index (κ1) is 22.3. The molecule has 2 aromatic rings. The van der Waals surface area contributed by atoms with Crippen LogP contribution in [0.1, 0.15) is 29.4 Å². The molecular weight excluding hydrogens is 447 g/mol. The van der Waals surface area contributed by atoms with Gasteiger partial charge < -0.3 is 20.5 Å². The molecule has 0 saturated carbocycles. The van der Waals surface area contributed by atoms with Crippen molar-refractivity contribution in [3.8, 4) is 5.88 Å². The summed E-state index contributed by atoms with van der Waals surface area (Å²) < 4.78 is 49.4. The van der Waals surface area contributed by atoms with E-state index in [2.05, 4.69) is 25.0 Å². The van der Waals surface area contributed by atoms with Crippen molar-refractivity contribution in [2.24, 2.45) is 16.6 Å². The number of benzene rings is 1. The van der Waals surface area contributed by atoms with Gasteiger partial charge >= 0.3 is 6.61 Å². The number of nitrogens with two attached hydrogens (primary N) is 1. The molecule has 1 amide bonds. The van der Waals surface area contributed by atoms with Gasteiger partial charge in [-0.1, -0.05) is 11.8 Å². The third kappa shape index (κ3) is 4.37. The van der Waals surface area contributed by atoms with Gasteiger partial charge in [-0.2, -0.15) is 8.78 Å². The molecule has 0 bridgehead atoms. The molecule has 3 atom stereocenters. The molecule has 0 aliphatic carbocycles. The summed E-state index contributed by atoms with van der Waals surface area (Å²) >= 11 is 1.41. The molecule has 1 aromatic carbocycles. The second-order valence-electron chi connectivity index (χ2n) is 7.38. The Bertz CT molecular complexity index is 1040. The number of anilines is 1. The largest absolute Gasteiger partial charge is 0.415 e. The lowest BCUT2D eigenvalue weighted by Gasteiger charge is -2.47. The van der Waals surface area contributed by atoms with E-state index in [1.807, 2.05) is 6.92 Å². The molecule has 0 unspecified atom stereocenters. The molecule has 0 radical (unpaired) electrons. The number of halogens is 3. The van der Waals surface area contributed by atoms with E-state index in [9.17, 15) is 13.6 Å². The minimum absolute atomic E-state index is 0.0951.